The van der Waals surface area contributed by atoms with Crippen LogP contribution < -0.4 is 43.8 Å². The van der Waals surface area contributed by atoms with Crippen molar-refractivity contribution in [1.82, 2.24) is 5.32 Å². The number of unbranched alkanes of at least 4 members (excludes halogenated alkanes) is 5. The fraction of sp³-hybridized carbons (Fsp3) is 0.357. The molecule has 1 atom stereocenters. The summed E-state index contributed by atoms with van der Waals surface area (Å²) in [4.78, 5) is 12.7. The molecular weight excluding hydrogens is 660 g/mol. The van der Waals surface area contributed by atoms with Crippen molar-refractivity contribution < 1.29 is 38.0 Å². The molecule has 276 valence electrons. The smallest absolute Gasteiger partial charge is 0.255 e. The Morgan fingerprint density at radius 1 is 0.558 bits per heavy atom. The van der Waals surface area contributed by atoms with Crippen molar-refractivity contribution in [1.29, 1.82) is 0 Å². The highest BCUT2D eigenvalue weighted by atomic mass is 16.5. The molecule has 1 heterocycles. The molecule has 1 aliphatic rings. The number of nitrogens with one attached hydrogen (secondary N) is 2. The normalized spacial score (nSPS) is 13.5. The second-order valence-corrected chi connectivity index (χ2v) is 12.5. The minimum atomic E-state index is -0.355. The summed E-state index contributed by atoms with van der Waals surface area (Å²) in [5.74, 6) is 4.42. The van der Waals surface area contributed by atoms with Gasteiger partial charge in [0.15, 0.2) is 34.5 Å². The van der Waals surface area contributed by atoms with E-state index in [-0.39, 0.29) is 12.1 Å². The van der Waals surface area contributed by atoms with Gasteiger partial charge >= 0.3 is 0 Å². The first kappa shape index (κ1) is 37.7. The van der Waals surface area contributed by atoms with Crippen LogP contribution in [-0.4, -0.2) is 54.7 Å². The number of amides is 1. The molecule has 10 nitrogen and oxygen atoms in total. The molecule has 10 heteroatoms. The summed E-state index contributed by atoms with van der Waals surface area (Å²) in [6, 6.07) is 21.3. The van der Waals surface area contributed by atoms with Gasteiger partial charge in [0.1, 0.15) is 6.17 Å². The number of rotatable bonds is 19. The maximum Gasteiger partial charge on any atom is 0.255 e. The van der Waals surface area contributed by atoms with Crippen molar-refractivity contribution in [2.75, 3.05) is 54.1 Å². The molecule has 0 spiro atoms. The summed E-state index contributed by atoms with van der Waals surface area (Å²) < 4.78 is 39.8. The molecular formula is C42H50N2O8. The van der Waals surface area contributed by atoms with E-state index in [0.29, 0.717) is 53.3 Å². The molecule has 0 aliphatic carbocycles. The van der Waals surface area contributed by atoms with Crippen molar-refractivity contribution in [3.8, 4) is 40.2 Å². The second-order valence-electron chi connectivity index (χ2n) is 12.5. The van der Waals surface area contributed by atoms with Gasteiger partial charge in [-0.2, -0.15) is 0 Å². The predicted octanol–water partition coefficient (Wildman–Crippen LogP) is 8.86. The summed E-state index contributed by atoms with van der Waals surface area (Å²) in [5, 5.41) is 6.44. The second kappa shape index (κ2) is 18.6. The van der Waals surface area contributed by atoms with Gasteiger partial charge in [-0.15, -0.1) is 0 Å². The Labute approximate surface area is 307 Å². The van der Waals surface area contributed by atoms with Crippen molar-refractivity contribution >= 4 is 23.7 Å². The Morgan fingerprint density at radius 2 is 1.15 bits per heavy atom. The van der Waals surface area contributed by atoms with E-state index in [1.54, 1.807) is 35.5 Å². The molecule has 0 aromatic heterocycles. The topological polar surface area (TPSA) is 106 Å². The molecule has 5 rings (SSSR count). The molecule has 4 aromatic rings. The lowest BCUT2D eigenvalue weighted by molar-refractivity contribution is 0.0935. The summed E-state index contributed by atoms with van der Waals surface area (Å²) >= 11 is 0. The first-order chi connectivity index (χ1) is 25.4. The SMILES string of the molecule is COc1cc(C2NC(=O)c3cc(C)ccc3N2)ccc1OCCCCCCCCOc1cc(C=Cc2cc(OC)c(OC)c(OC)c2)ccc1OC. The van der Waals surface area contributed by atoms with Crippen LogP contribution in [0.3, 0.4) is 0 Å². The minimum Gasteiger partial charge on any atom is -0.493 e. The average Bonchev–Trinajstić information content (AvgIpc) is 3.17. The van der Waals surface area contributed by atoms with Crippen molar-refractivity contribution in [3.05, 3.63) is 94.5 Å². The zero-order valence-electron chi connectivity index (χ0n) is 31.0. The predicted molar refractivity (Wildman–Crippen MR) is 205 cm³/mol. The van der Waals surface area contributed by atoms with Gasteiger partial charge in [0.25, 0.3) is 5.91 Å². The highest BCUT2D eigenvalue weighted by molar-refractivity contribution is 6.01. The molecule has 2 N–H and O–H groups in total. The van der Waals surface area contributed by atoms with E-state index in [9.17, 15) is 4.79 Å². The summed E-state index contributed by atoms with van der Waals surface area (Å²) in [6.07, 6.45) is 9.95. The number of fused-ring (bicyclic) bond motifs is 1. The Morgan fingerprint density at radius 3 is 1.81 bits per heavy atom. The van der Waals surface area contributed by atoms with Gasteiger partial charge in [-0.25, -0.2) is 0 Å². The number of carbonyl (C=O) groups is 1. The van der Waals surface area contributed by atoms with Gasteiger partial charge in [0.05, 0.1) is 54.3 Å². The van der Waals surface area contributed by atoms with Gasteiger partial charge in [-0.05, 0) is 85.0 Å². The Balaban J connectivity index is 1.01. The lowest BCUT2D eigenvalue weighted by Crippen LogP contribution is -2.38. The third-order valence-electron chi connectivity index (χ3n) is 8.91. The highest BCUT2D eigenvalue weighted by Gasteiger charge is 2.25. The molecule has 1 aliphatic heterocycles. The lowest BCUT2D eigenvalue weighted by atomic mass is 10.0. The van der Waals surface area contributed by atoms with Crippen molar-refractivity contribution in [2.24, 2.45) is 0 Å². The molecule has 0 saturated carbocycles. The van der Waals surface area contributed by atoms with Crippen LogP contribution in [0.2, 0.25) is 0 Å². The monoisotopic (exact) mass is 710 g/mol. The van der Waals surface area contributed by atoms with Crippen LogP contribution in [0.25, 0.3) is 12.2 Å². The first-order valence-corrected chi connectivity index (χ1v) is 17.6. The fourth-order valence-corrected chi connectivity index (χ4v) is 6.10. The highest BCUT2D eigenvalue weighted by Crippen LogP contribution is 2.39. The van der Waals surface area contributed by atoms with Crippen LogP contribution in [0.15, 0.2) is 66.7 Å². The number of aryl methyl sites for hydroxylation is 1. The third-order valence-corrected chi connectivity index (χ3v) is 8.91. The summed E-state index contributed by atoms with van der Waals surface area (Å²) in [7, 11) is 8.08. The van der Waals surface area contributed by atoms with E-state index in [4.69, 9.17) is 33.2 Å². The molecule has 52 heavy (non-hydrogen) atoms. The number of benzene rings is 4. The van der Waals surface area contributed by atoms with Crippen LogP contribution in [0.5, 0.6) is 40.2 Å². The Bertz CT molecular complexity index is 1810. The average molecular weight is 711 g/mol. The van der Waals surface area contributed by atoms with Crippen LogP contribution in [0.4, 0.5) is 5.69 Å². The van der Waals surface area contributed by atoms with Crippen molar-refractivity contribution in [3.63, 3.8) is 0 Å². The largest absolute Gasteiger partial charge is 0.493 e. The number of methoxy groups -OCH3 is 5. The maximum atomic E-state index is 12.7. The molecule has 4 aromatic carbocycles. The van der Waals surface area contributed by atoms with E-state index < -0.39 is 0 Å². The number of anilines is 1. The number of hydrogen-bond donors (Lipinski definition) is 2. The lowest BCUT2D eigenvalue weighted by Gasteiger charge is -2.28. The number of carbonyl (C=O) groups excluding carboxylic acids is 1. The van der Waals surface area contributed by atoms with Gasteiger partial charge in [-0.3, -0.25) is 4.79 Å². The minimum absolute atomic E-state index is 0.0984. The Kier molecular flexibility index (Phi) is 13.5. The van der Waals surface area contributed by atoms with Gasteiger partial charge < -0.3 is 43.8 Å². The van der Waals surface area contributed by atoms with E-state index in [1.165, 1.54) is 0 Å². The molecule has 1 amide bonds. The molecule has 0 saturated heterocycles. The standard InChI is InChI=1S/C42H50N2O8/c1-28-13-18-33-32(23-28)42(45)44-41(43-33)31-17-20-35(36(27-31)47-3)51-21-11-9-7-8-10-12-22-52-37-24-29(16-19-34(37)46-2)14-15-30-25-38(48-4)40(50-6)39(26-30)49-5/h13-20,23-27,41,43H,7-12,21-22H2,1-6H3,(H,44,45). The quantitative estimate of drug-likeness (QED) is 0.0729. The molecule has 0 radical (unpaired) electrons. The molecule has 1 unspecified atom stereocenters. The number of hydrogen-bond acceptors (Lipinski definition) is 9. The zero-order valence-corrected chi connectivity index (χ0v) is 31.0. The van der Waals surface area contributed by atoms with E-state index in [0.717, 1.165) is 72.2 Å². The summed E-state index contributed by atoms with van der Waals surface area (Å²) in [5.41, 5.74) is 5.30. The van der Waals surface area contributed by atoms with E-state index in [1.807, 2.05) is 85.8 Å². The van der Waals surface area contributed by atoms with Crippen molar-refractivity contribution in [2.45, 2.75) is 51.6 Å². The van der Waals surface area contributed by atoms with Gasteiger partial charge in [0.2, 0.25) is 5.75 Å². The van der Waals surface area contributed by atoms with Gasteiger partial charge in [0, 0.05) is 5.69 Å². The van der Waals surface area contributed by atoms with E-state index in [2.05, 4.69) is 10.6 Å². The molecule has 0 fully saturated rings. The van der Waals surface area contributed by atoms with Gasteiger partial charge in [-0.1, -0.05) is 61.6 Å². The van der Waals surface area contributed by atoms with Crippen LogP contribution in [-0.2, 0) is 0 Å². The number of ether oxygens (including phenoxy) is 7. The maximum absolute atomic E-state index is 12.7. The fourth-order valence-electron chi connectivity index (χ4n) is 6.10. The molecule has 0 bridgehead atoms. The zero-order chi connectivity index (χ0) is 36.9. The van der Waals surface area contributed by atoms with Crippen LogP contribution in [0, 0.1) is 6.92 Å². The van der Waals surface area contributed by atoms with E-state index >= 15 is 0 Å². The van der Waals surface area contributed by atoms with Crippen LogP contribution in [0.1, 0.15) is 77.3 Å². The third kappa shape index (κ3) is 9.63. The Hall–Kier alpha value is -5.51. The first-order valence-electron chi connectivity index (χ1n) is 17.6. The van der Waals surface area contributed by atoms with Crippen LogP contribution >= 0.6 is 0 Å². The summed E-state index contributed by atoms with van der Waals surface area (Å²) in [6.45, 7) is 3.19.